The Kier molecular flexibility index (Phi) is 7.28. The Bertz CT molecular complexity index is 1390. The average molecular weight is 606 g/mol. The lowest BCUT2D eigenvalue weighted by Gasteiger charge is -2.70. The molecule has 3 fully saturated rings. The Balaban J connectivity index is 1.43. The summed E-state index contributed by atoms with van der Waals surface area (Å²) in [6, 6.07) is -0.878. The lowest BCUT2D eigenvalue weighted by molar-refractivity contribution is -0.172. The fourth-order valence-corrected chi connectivity index (χ4v) is 11.8. The van der Waals surface area contributed by atoms with Gasteiger partial charge in [-0.15, -0.1) is 0 Å². The quantitative estimate of drug-likeness (QED) is 0.331. The van der Waals surface area contributed by atoms with E-state index >= 15 is 0 Å². The summed E-state index contributed by atoms with van der Waals surface area (Å²) in [5.41, 5.74) is 2.54. The van der Waals surface area contributed by atoms with E-state index in [1.165, 1.54) is 5.57 Å². The van der Waals surface area contributed by atoms with Gasteiger partial charge < -0.3 is 15.5 Å². The molecule has 242 valence electrons. The van der Waals surface area contributed by atoms with Crippen molar-refractivity contribution in [1.29, 1.82) is 0 Å². The van der Waals surface area contributed by atoms with Gasteiger partial charge in [-0.05, 0) is 103 Å². The van der Waals surface area contributed by atoms with Crippen molar-refractivity contribution in [2.75, 3.05) is 6.61 Å². The molecule has 0 saturated heterocycles. The molecule has 7 nitrogen and oxygen atoms in total. The minimum Gasteiger partial charge on any atom is -0.480 e. The topological polar surface area (TPSA) is 112 Å². The van der Waals surface area contributed by atoms with Crippen LogP contribution in [0.2, 0.25) is 0 Å². The number of nitrogens with one attached hydrogen (secondary N) is 1. The van der Waals surface area contributed by atoms with Crippen molar-refractivity contribution in [3.05, 3.63) is 35.4 Å². The number of nitrogens with zero attached hydrogens (tertiary/aromatic N) is 2. The van der Waals surface area contributed by atoms with Gasteiger partial charge >= 0.3 is 5.97 Å². The summed E-state index contributed by atoms with van der Waals surface area (Å²) in [7, 11) is 0. The highest BCUT2D eigenvalue weighted by molar-refractivity contribution is 5.88. The summed E-state index contributed by atoms with van der Waals surface area (Å²) in [5.74, 6) is -0.351. The third-order valence-corrected chi connectivity index (χ3v) is 14.5. The largest absolute Gasteiger partial charge is 0.480 e. The Hall–Kier alpha value is -2.28. The third-order valence-electron chi connectivity index (χ3n) is 14.5. The van der Waals surface area contributed by atoms with Crippen LogP contribution in [-0.4, -0.2) is 44.7 Å². The zero-order valence-electron chi connectivity index (χ0n) is 28.3. The number of aliphatic carboxylic acids is 1. The summed E-state index contributed by atoms with van der Waals surface area (Å²) in [6.07, 6.45) is 14.5. The first-order valence-corrected chi connectivity index (χ1v) is 17.1. The number of carbonyl (C=O) groups is 2. The highest BCUT2D eigenvalue weighted by Gasteiger charge is 2.69. The van der Waals surface area contributed by atoms with E-state index in [0.717, 1.165) is 69.2 Å². The SMILES string of the molecule is CC(C)[C@H](NC(=O)[C@]12CCC(C)(C)C[C@H]1C1=CC[C@@H]3[C@@]4(C)Cc5nccnc5[C@@](C)(CO)[C@@H]4CC[C@@]3(C)[C@]1(C)CC2)C(=O)O. The second-order valence-electron chi connectivity index (χ2n) is 17.5. The Morgan fingerprint density at radius 2 is 1.66 bits per heavy atom. The number of allylic oxidation sites excluding steroid dienone is 2. The molecule has 1 aromatic heterocycles. The van der Waals surface area contributed by atoms with E-state index in [1.54, 1.807) is 12.4 Å². The maximum atomic E-state index is 14.3. The van der Waals surface area contributed by atoms with Gasteiger partial charge in [0.05, 0.1) is 23.4 Å². The molecule has 0 spiro atoms. The van der Waals surface area contributed by atoms with Crippen molar-refractivity contribution < 1.29 is 19.8 Å². The first kappa shape index (κ1) is 31.7. The number of rotatable bonds is 5. The molecular weight excluding hydrogens is 550 g/mol. The van der Waals surface area contributed by atoms with Crippen LogP contribution in [-0.2, 0) is 21.4 Å². The minimum absolute atomic E-state index is 0.0319. The number of carboxylic acid groups (broad SMARTS) is 1. The zero-order chi connectivity index (χ0) is 32.1. The number of aliphatic hydroxyl groups is 1. The molecule has 6 rings (SSSR count). The van der Waals surface area contributed by atoms with Crippen LogP contribution in [0.5, 0.6) is 0 Å². The van der Waals surface area contributed by atoms with Gasteiger partial charge in [0.25, 0.3) is 0 Å². The molecule has 3 N–H and O–H groups in total. The molecule has 1 amide bonds. The summed E-state index contributed by atoms with van der Waals surface area (Å²) in [5, 5.41) is 23.9. The summed E-state index contributed by atoms with van der Waals surface area (Å²) in [4.78, 5) is 36.1. The van der Waals surface area contributed by atoms with Gasteiger partial charge in [0.15, 0.2) is 0 Å². The third kappa shape index (κ3) is 4.15. The van der Waals surface area contributed by atoms with E-state index in [0.29, 0.717) is 11.8 Å². The van der Waals surface area contributed by atoms with Crippen LogP contribution in [0.25, 0.3) is 0 Å². The number of fused-ring (bicyclic) bond motifs is 8. The maximum absolute atomic E-state index is 14.3. The van der Waals surface area contributed by atoms with Crippen molar-refractivity contribution >= 4 is 11.9 Å². The first-order chi connectivity index (χ1) is 20.5. The predicted octanol–water partition coefficient (Wildman–Crippen LogP) is 6.49. The highest BCUT2D eigenvalue weighted by atomic mass is 16.4. The van der Waals surface area contributed by atoms with E-state index in [9.17, 15) is 19.8 Å². The second kappa shape index (κ2) is 10.1. The Morgan fingerprint density at radius 1 is 0.977 bits per heavy atom. The second-order valence-corrected chi connectivity index (χ2v) is 17.5. The normalized spacial score (nSPS) is 42.9. The fourth-order valence-electron chi connectivity index (χ4n) is 11.8. The van der Waals surface area contributed by atoms with Crippen molar-refractivity contribution in [3.63, 3.8) is 0 Å². The van der Waals surface area contributed by atoms with Gasteiger partial charge in [-0.25, -0.2) is 4.79 Å². The first-order valence-electron chi connectivity index (χ1n) is 17.1. The molecule has 3 saturated carbocycles. The number of aromatic nitrogens is 2. The molecular formula is C37H55N3O4. The fraction of sp³-hybridized carbons (Fsp3) is 0.784. The standard InChI is InChI=1S/C37H55N3O4/c1-22(2)28(30(42)43)40-31(44)37-15-13-32(3,4)19-24(37)23-9-10-27-33(5)20-25-29(39-18-17-38-25)34(6,21-41)26(33)11-12-36(27,8)35(23,7)14-16-37/h9,17-18,22,24,26-28,41H,10-16,19-21H2,1-8H3,(H,40,44)(H,42,43)/t24-,26+,27+,28-,33-,34-,35+,36+,37-/m0/s1. The summed E-state index contributed by atoms with van der Waals surface area (Å²) < 4.78 is 0. The average Bonchev–Trinajstić information content (AvgIpc) is 2.95. The van der Waals surface area contributed by atoms with Crippen molar-refractivity contribution in [3.8, 4) is 0 Å². The monoisotopic (exact) mass is 605 g/mol. The van der Waals surface area contributed by atoms with Crippen LogP contribution >= 0.6 is 0 Å². The molecule has 0 radical (unpaired) electrons. The number of amides is 1. The highest BCUT2D eigenvalue weighted by Crippen LogP contribution is 2.75. The number of hydrogen-bond acceptors (Lipinski definition) is 5. The number of carboxylic acids is 1. The van der Waals surface area contributed by atoms with Crippen molar-refractivity contribution in [1.82, 2.24) is 15.3 Å². The minimum atomic E-state index is -0.955. The molecule has 5 aliphatic carbocycles. The van der Waals surface area contributed by atoms with Gasteiger partial charge in [0.1, 0.15) is 6.04 Å². The zero-order valence-corrected chi connectivity index (χ0v) is 28.3. The van der Waals surface area contributed by atoms with E-state index in [2.05, 4.69) is 52.9 Å². The van der Waals surface area contributed by atoms with Crippen LogP contribution in [0.15, 0.2) is 24.0 Å². The van der Waals surface area contributed by atoms with Gasteiger partial charge in [-0.2, -0.15) is 0 Å². The summed E-state index contributed by atoms with van der Waals surface area (Å²) in [6.45, 7) is 18.2. The molecule has 0 bridgehead atoms. The van der Waals surface area contributed by atoms with Gasteiger partial charge in [-0.3, -0.25) is 14.8 Å². The molecule has 0 aromatic carbocycles. The van der Waals surface area contributed by atoms with Crippen LogP contribution < -0.4 is 5.32 Å². The predicted molar refractivity (Wildman–Crippen MR) is 171 cm³/mol. The molecule has 44 heavy (non-hydrogen) atoms. The molecule has 1 heterocycles. The molecule has 0 aliphatic heterocycles. The molecule has 5 aliphatic rings. The van der Waals surface area contributed by atoms with E-state index in [-0.39, 0.29) is 46.0 Å². The van der Waals surface area contributed by atoms with E-state index in [1.807, 2.05) is 13.8 Å². The van der Waals surface area contributed by atoms with Crippen molar-refractivity contribution in [2.24, 2.45) is 50.7 Å². The van der Waals surface area contributed by atoms with E-state index < -0.39 is 22.8 Å². The maximum Gasteiger partial charge on any atom is 0.326 e. The summed E-state index contributed by atoms with van der Waals surface area (Å²) >= 11 is 0. The lowest BCUT2D eigenvalue weighted by Crippen LogP contribution is -2.66. The van der Waals surface area contributed by atoms with Gasteiger partial charge in [0, 0.05) is 17.8 Å². The van der Waals surface area contributed by atoms with Crippen LogP contribution in [0.1, 0.15) is 118 Å². The Labute approximate surface area is 264 Å². The van der Waals surface area contributed by atoms with Crippen LogP contribution in [0.4, 0.5) is 0 Å². The van der Waals surface area contributed by atoms with Crippen LogP contribution in [0, 0.1) is 50.7 Å². The van der Waals surface area contributed by atoms with Crippen molar-refractivity contribution in [2.45, 2.75) is 125 Å². The number of carbonyl (C=O) groups excluding carboxylic acids is 1. The van der Waals surface area contributed by atoms with Crippen LogP contribution in [0.3, 0.4) is 0 Å². The molecule has 9 atom stereocenters. The van der Waals surface area contributed by atoms with Gasteiger partial charge in [-0.1, -0.05) is 67.0 Å². The molecule has 0 unspecified atom stereocenters. The smallest absolute Gasteiger partial charge is 0.326 e. The molecule has 7 heteroatoms. The van der Waals surface area contributed by atoms with E-state index in [4.69, 9.17) is 9.97 Å². The van der Waals surface area contributed by atoms with Gasteiger partial charge in [0.2, 0.25) is 5.91 Å². The Morgan fingerprint density at radius 3 is 2.32 bits per heavy atom. The number of aliphatic hydroxyl groups excluding tert-OH is 1. The molecule has 1 aromatic rings. The lowest BCUT2D eigenvalue weighted by atomic mass is 9.33. The number of hydrogen-bond donors (Lipinski definition) is 3.